The van der Waals surface area contributed by atoms with Crippen LogP contribution in [0.25, 0.3) is 0 Å². The number of hydrogen-bond acceptors (Lipinski definition) is 4. The molecule has 5 heteroatoms. The molecule has 0 unspecified atom stereocenters. The molecule has 2 rings (SSSR count). The van der Waals surface area contributed by atoms with Crippen molar-refractivity contribution in [2.45, 2.75) is 0 Å². The maximum Gasteiger partial charge on any atom is 0.227 e. The van der Waals surface area contributed by atoms with Gasteiger partial charge < -0.3 is 10.2 Å². The Kier molecular flexibility index (Phi) is 3.58. The van der Waals surface area contributed by atoms with E-state index in [2.05, 4.69) is 36.1 Å². The van der Waals surface area contributed by atoms with Crippen molar-refractivity contribution < 1.29 is 0 Å². The zero-order valence-corrected chi connectivity index (χ0v) is 11.3. The van der Waals surface area contributed by atoms with E-state index in [1.165, 1.54) is 0 Å². The van der Waals surface area contributed by atoms with Crippen LogP contribution in [0.1, 0.15) is 0 Å². The molecule has 0 amide bonds. The molecule has 1 heterocycles. The first-order chi connectivity index (χ1) is 8.15. The lowest BCUT2D eigenvalue weighted by atomic mass is 10.2. The molecule has 0 spiro atoms. The third-order valence-electron chi connectivity index (χ3n) is 2.26. The summed E-state index contributed by atoms with van der Waals surface area (Å²) in [5, 5.41) is 3.14. The second-order valence-electron chi connectivity index (χ2n) is 3.79. The second kappa shape index (κ2) is 5.14. The molecule has 1 aromatic carbocycles. The smallest absolute Gasteiger partial charge is 0.227 e. The highest BCUT2D eigenvalue weighted by Crippen LogP contribution is 2.18. The number of nitrogens with one attached hydrogen (secondary N) is 1. The zero-order valence-electron chi connectivity index (χ0n) is 9.68. The van der Waals surface area contributed by atoms with Crippen LogP contribution in [-0.4, -0.2) is 24.1 Å². The molecule has 0 radical (unpaired) electrons. The first kappa shape index (κ1) is 11.9. The predicted molar refractivity (Wildman–Crippen MR) is 73.8 cm³/mol. The number of anilines is 3. The van der Waals surface area contributed by atoms with E-state index in [4.69, 9.17) is 0 Å². The normalized spacial score (nSPS) is 10.1. The van der Waals surface area contributed by atoms with E-state index in [1.807, 2.05) is 38.4 Å². The minimum Gasteiger partial charge on any atom is -0.378 e. The minimum atomic E-state index is 0.589. The summed E-state index contributed by atoms with van der Waals surface area (Å²) in [5.74, 6) is 0.589. The van der Waals surface area contributed by atoms with Crippen molar-refractivity contribution in [3.8, 4) is 0 Å². The third kappa shape index (κ3) is 3.17. The fraction of sp³-hybridized carbons (Fsp3) is 0.167. The van der Waals surface area contributed by atoms with Crippen LogP contribution in [0.5, 0.6) is 0 Å². The van der Waals surface area contributed by atoms with E-state index in [1.54, 1.807) is 12.4 Å². The van der Waals surface area contributed by atoms with Crippen LogP contribution < -0.4 is 10.2 Å². The van der Waals surface area contributed by atoms with Gasteiger partial charge in [-0.1, -0.05) is 0 Å². The van der Waals surface area contributed by atoms with Gasteiger partial charge in [-0.3, -0.25) is 0 Å². The van der Waals surface area contributed by atoms with Crippen LogP contribution in [-0.2, 0) is 0 Å². The summed E-state index contributed by atoms with van der Waals surface area (Å²) in [6.45, 7) is 0. The van der Waals surface area contributed by atoms with Crippen molar-refractivity contribution in [2.75, 3.05) is 24.3 Å². The SMILES string of the molecule is CN(C)c1ccc(Nc2ncc(Br)cn2)cc1. The molecule has 0 aliphatic heterocycles. The topological polar surface area (TPSA) is 41.0 Å². The molecular formula is C12H13BrN4. The first-order valence-electron chi connectivity index (χ1n) is 5.17. The van der Waals surface area contributed by atoms with E-state index in [0.717, 1.165) is 15.8 Å². The molecule has 4 nitrogen and oxygen atoms in total. The summed E-state index contributed by atoms with van der Waals surface area (Å²) in [6, 6.07) is 8.09. The summed E-state index contributed by atoms with van der Waals surface area (Å²) in [4.78, 5) is 10.4. The summed E-state index contributed by atoms with van der Waals surface area (Å²) in [6.07, 6.45) is 3.42. The van der Waals surface area contributed by atoms with Crippen LogP contribution in [0, 0.1) is 0 Å². The molecule has 0 saturated heterocycles. The van der Waals surface area contributed by atoms with Crippen molar-refractivity contribution in [1.82, 2.24) is 9.97 Å². The summed E-state index contributed by atoms with van der Waals surface area (Å²) < 4.78 is 0.867. The molecule has 1 N–H and O–H groups in total. The predicted octanol–water partition coefficient (Wildman–Crippen LogP) is 3.05. The molecule has 0 aliphatic rings. The molecule has 1 aromatic heterocycles. The van der Waals surface area contributed by atoms with E-state index in [9.17, 15) is 0 Å². The third-order valence-corrected chi connectivity index (χ3v) is 2.67. The Morgan fingerprint density at radius 1 is 1.06 bits per heavy atom. The number of benzene rings is 1. The van der Waals surface area contributed by atoms with Crippen molar-refractivity contribution in [1.29, 1.82) is 0 Å². The quantitative estimate of drug-likeness (QED) is 0.944. The van der Waals surface area contributed by atoms with Crippen LogP contribution in [0.4, 0.5) is 17.3 Å². The molecule has 88 valence electrons. The Hall–Kier alpha value is -1.62. The largest absolute Gasteiger partial charge is 0.378 e. The van der Waals surface area contributed by atoms with Gasteiger partial charge in [0.25, 0.3) is 0 Å². The van der Waals surface area contributed by atoms with Gasteiger partial charge in [-0.25, -0.2) is 9.97 Å². The monoisotopic (exact) mass is 292 g/mol. The lowest BCUT2D eigenvalue weighted by molar-refractivity contribution is 1.13. The average molecular weight is 293 g/mol. The Morgan fingerprint density at radius 2 is 1.65 bits per heavy atom. The second-order valence-corrected chi connectivity index (χ2v) is 4.71. The molecule has 0 atom stereocenters. The Balaban J connectivity index is 2.11. The van der Waals surface area contributed by atoms with Crippen LogP contribution >= 0.6 is 15.9 Å². The highest BCUT2D eigenvalue weighted by Gasteiger charge is 1.98. The van der Waals surface area contributed by atoms with Gasteiger partial charge in [0, 0.05) is 37.9 Å². The Bertz CT molecular complexity index is 479. The number of rotatable bonds is 3. The molecule has 2 aromatic rings. The van der Waals surface area contributed by atoms with Gasteiger partial charge in [0.1, 0.15) is 0 Å². The number of aromatic nitrogens is 2. The number of hydrogen-bond donors (Lipinski definition) is 1. The minimum absolute atomic E-state index is 0.589. The summed E-state index contributed by atoms with van der Waals surface area (Å²) >= 11 is 3.30. The van der Waals surface area contributed by atoms with Crippen molar-refractivity contribution in [3.63, 3.8) is 0 Å². The maximum atomic E-state index is 4.15. The van der Waals surface area contributed by atoms with Crippen molar-refractivity contribution in [2.24, 2.45) is 0 Å². The standard InChI is InChI=1S/C12H13BrN4/c1-17(2)11-5-3-10(4-6-11)16-12-14-7-9(13)8-15-12/h3-8H,1-2H3,(H,14,15,16). The molecule has 0 fully saturated rings. The van der Waals surface area contributed by atoms with Crippen LogP contribution in [0.2, 0.25) is 0 Å². The van der Waals surface area contributed by atoms with Crippen molar-refractivity contribution in [3.05, 3.63) is 41.1 Å². The highest BCUT2D eigenvalue weighted by atomic mass is 79.9. The average Bonchev–Trinajstić information content (AvgIpc) is 2.33. The number of halogens is 1. The lowest BCUT2D eigenvalue weighted by Gasteiger charge is -2.12. The van der Waals surface area contributed by atoms with Gasteiger partial charge >= 0.3 is 0 Å². The van der Waals surface area contributed by atoms with E-state index >= 15 is 0 Å². The lowest BCUT2D eigenvalue weighted by Crippen LogP contribution is -2.08. The van der Waals surface area contributed by atoms with E-state index in [-0.39, 0.29) is 0 Å². The molecular weight excluding hydrogens is 280 g/mol. The maximum absolute atomic E-state index is 4.15. The van der Waals surface area contributed by atoms with Gasteiger partial charge in [0.05, 0.1) is 4.47 Å². The fourth-order valence-corrected chi connectivity index (χ4v) is 1.55. The van der Waals surface area contributed by atoms with Crippen LogP contribution in [0.3, 0.4) is 0 Å². The van der Waals surface area contributed by atoms with Gasteiger partial charge in [0.2, 0.25) is 5.95 Å². The zero-order chi connectivity index (χ0) is 12.3. The van der Waals surface area contributed by atoms with Crippen molar-refractivity contribution >= 4 is 33.3 Å². The fourth-order valence-electron chi connectivity index (χ4n) is 1.35. The summed E-state index contributed by atoms with van der Waals surface area (Å²) in [5.41, 5.74) is 2.13. The molecule has 0 bridgehead atoms. The van der Waals surface area contributed by atoms with E-state index in [0.29, 0.717) is 5.95 Å². The van der Waals surface area contributed by atoms with Crippen LogP contribution in [0.15, 0.2) is 41.1 Å². The molecule has 17 heavy (non-hydrogen) atoms. The Labute approximate surface area is 109 Å². The molecule has 0 aliphatic carbocycles. The summed E-state index contributed by atoms with van der Waals surface area (Å²) in [7, 11) is 4.03. The number of nitrogens with zero attached hydrogens (tertiary/aromatic N) is 3. The first-order valence-corrected chi connectivity index (χ1v) is 5.96. The van der Waals surface area contributed by atoms with Gasteiger partial charge in [-0.2, -0.15) is 0 Å². The molecule has 0 saturated carbocycles. The van der Waals surface area contributed by atoms with Gasteiger partial charge in [-0.05, 0) is 40.2 Å². The highest BCUT2D eigenvalue weighted by molar-refractivity contribution is 9.10. The van der Waals surface area contributed by atoms with Gasteiger partial charge in [0.15, 0.2) is 0 Å². The van der Waals surface area contributed by atoms with Gasteiger partial charge in [-0.15, -0.1) is 0 Å². The Morgan fingerprint density at radius 3 is 2.18 bits per heavy atom. The van der Waals surface area contributed by atoms with E-state index < -0.39 is 0 Å².